The number of amides is 3. The number of fused-ring (bicyclic) bond motifs is 1. The highest BCUT2D eigenvalue weighted by molar-refractivity contribution is 6.21. The standard InChI is InChI=1S/C39H36N4O4.ClH/c1-47-36-14-8-5-11-31(36)25-41-37(44)23-33-38(45)42(26-28-15-19-30(20-16-28)29-9-3-2-4-10-29)34-12-6-7-13-35(34)43(39(33)46)32-21-17-27(24-40)18-22-32;/h2-22,33H,23-26,40H2,1H3,(H,41,44);1H. The molecule has 1 aliphatic rings. The second-order valence-corrected chi connectivity index (χ2v) is 11.4. The van der Waals surface area contributed by atoms with Gasteiger partial charge in [-0.25, -0.2) is 0 Å². The number of hydrogen-bond acceptors (Lipinski definition) is 5. The summed E-state index contributed by atoms with van der Waals surface area (Å²) in [7, 11) is 1.57. The number of anilines is 3. The van der Waals surface area contributed by atoms with Gasteiger partial charge in [-0.2, -0.15) is 0 Å². The fourth-order valence-electron chi connectivity index (χ4n) is 5.87. The molecule has 0 spiro atoms. The molecule has 6 rings (SSSR count). The van der Waals surface area contributed by atoms with E-state index in [1.165, 1.54) is 0 Å². The number of benzene rings is 5. The van der Waals surface area contributed by atoms with Gasteiger partial charge in [0.15, 0.2) is 0 Å². The molecule has 0 aromatic heterocycles. The Kier molecular flexibility index (Phi) is 10.9. The Hall–Kier alpha value is -5.44. The molecular formula is C39H37ClN4O4. The molecule has 0 fully saturated rings. The van der Waals surface area contributed by atoms with Crippen LogP contribution >= 0.6 is 12.4 Å². The summed E-state index contributed by atoms with van der Waals surface area (Å²) < 4.78 is 5.42. The molecule has 1 unspecified atom stereocenters. The fraction of sp³-hybridized carbons (Fsp3) is 0.154. The number of ether oxygens (including phenoxy) is 1. The van der Waals surface area contributed by atoms with E-state index >= 15 is 0 Å². The summed E-state index contributed by atoms with van der Waals surface area (Å²) >= 11 is 0. The van der Waals surface area contributed by atoms with E-state index in [1.807, 2.05) is 127 Å². The number of rotatable bonds is 10. The average Bonchev–Trinajstić information content (AvgIpc) is 3.20. The van der Waals surface area contributed by atoms with Crippen molar-refractivity contribution in [1.82, 2.24) is 5.32 Å². The molecule has 1 heterocycles. The monoisotopic (exact) mass is 660 g/mol. The van der Waals surface area contributed by atoms with E-state index in [0.717, 1.165) is 27.8 Å². The largest absolute Gasteiger partial charge is 0.496 e. The molecule has 244 valence electrons. The fourth-order valence-corrected chi connectivity index (χ4v) is 5.87. The van der Waals surface area contributed by atoms with Crippen LogP contribution in [0, 0.1) is 5.92 Å². The van der Waals surface area contributed by atoms with Crippen molar-refractivity contribution in [1.29, 1.82) is 0 Å². The van der Waals surface area contributed by atoms with Gasteiger partial charge in [-0.3, -0.25) is 19.3 Å². The van der Waals surface area contributed by atoms with E-state index in [1.54, 1.807) is 16.9 Å². The lowest BCUT2D eigenvalue weighted by Crippen LogP contribution is -2.43. The van der Waals surface area contributed by atoms with Gasteiger partial charge in [0.1, 0.15) is 11.7 Å². The Bertz CT molecular complexity index is 1880. The molecular weight excluding hydrogens is 624 g/mol. The Morgan fingerprint density at radius 1 is 0.729 bits per heavy atom. The predicted molar refractivity (Wildman–Crippen MR) is 191 cm³/mol. The van der Waals surface area contributed by atoms with Crippen molar-refractivity contribution in [3.05, 3.63) is 144 Å². The van der Waals surface area contributed by atoms with Crippen LogP contribution in [0.1, 0.15) is 23.1 Å². The third kappa shape index (κ3) is 7.25. The van der Waals surface area contributed by atoms with E-state index in [4.69, 9.17) is 10.5 Å². The zero-order valence-electron chi connectivity index (χ0n) is 26.5. The first kappa shape index (κ1) is 33.9. The van der Waals surface area contributed by atoms with Gasteiger partial charge < -0.3 is 20.7 Å². The quantitative estimate of drug-likeness (QED) is 0.161. The van der Waals surface area contributed by atoms with Crippen molar-refractivity contribution in [3.63, 3.8) is 0 Å². The minimum Gasteiger partial charge on any atom is -0.496 e. The normalized spacial score (nSPS) is 14.1. The van der Waals surface area contributed by atoms with Gasteiger partial charge >= 0.3 is 0 Å². The van der Waals surface area contributed by atoms with Crippen LogP contribution in [-0.4, -0.2) is 24.8 Å². The van der Waals surface area contributed by atoms with Gasteiger partial charge in [-0.1, -0.05) is 97.1 Å². The van der Waals surface area contributed by atoms with Crippen molar-refractivity contribution in [2.45, 2.75) is 26.1 Å². The lowest BCUT2D eigenvalue weighted by atomic mass is 10.00. The smallest absolute Gasteiger partial charge is 0.244 e. The summed E-state index contributed by atoms with van der Waals surface area (Å²) in [5.74, 6) is -1.96. The molecule has 0 saturated carbocycles. The number of nitrogens with zero attached hydrogens (tertiary/aromatic N) is 2. The molecule has 0 saturated heterocycles. The molecule has 3 N–H and O–H groups in total. The van der Waals surface area contributed by atoms with Crippen LogP contribution in [-0.2, 0) is 34.0 Å². The molecule has 1 atom stereocenters. The molecule has 0 radical (unpaired) electrons. The highest BCUT2D eigenvalue weighted by Gasteiger charge is 2.42. The number of carbonyl (C=O) groups is 3. The van der Waals surface area contributed by atoms with Crippen LogP contribution in [0.15, 0.2) is 127 Å². The topological polar surface area (TPSA) is 105 Å². The number of halogens is 1. The number of methoxy groups -OCH3 is 1. The van der Waals surface area contributed by atoms with E-state index in [9.17, 15) is 14.4 Å². The highest BCUT2D eigenvalue weighted by Crippen LogP contribution is 2.40. The number of carbonyl (C=O) groups excluding carboxylic acids is 3. The lowest BCUT2D eigenvalue weighted by Gasteiger charge is -2.26. The van der Waals surface area contributed by atoms with Crippen LogP contribution in [0.3, 0.4) is 0 Å². The van der Waals surface area contributed by atoms with Crippen LogP contribution in [0.25, 0.3) is 11.1 Å². The third-order valence-electron chi connectivity index (χ3n) is 8.39. The second kappa shape index (κ2) is 15.4. The first-order valence-electron chi connectivity index (χ1n) is 15.5. The van der Waals surface area contributed by atoms with Gasteiger partial charge in [0.05, 0.1) is 25.0 Å². The van der Waals surface area contributed by atoms with Gasteiger partial charge in [-0.15, -0.1) is 12.4 Å². The number of hydrogen-bond donors (Lipinski definition) is 2. The number of nitrogens with two attached hydrogens (primary N) is 1. The summed E-state index contributed by atoms with van der Waals surface area (Å²) in [6.45, 7) is 0.770. The summed E-state index contributed by atoms with van der Waals surface area (Å²) in [5.41, 5.74) is 12.3. The molecule has 0 bridgehead atoms. The Morgan fingerprint density at radius 3 is 2.02 bits per heavy atom. The van der Waals surface area contributed by atoms with E-state index in [-0.39, 0.29) is 31.9 Å². The Balaban J connectivity index is 0.00000451. The van der Waals surface area contributed by atoms with Crippen LogP contribution in [0.5, 0.6) is 5.75 Å². The van der Waals surface area contributed by atoms with Gasteiger partial charge in [-0.05, 0) is 52.6 Å². The number of nitrogens with one attached hydrogen (secondary N) is 1. The van der Waals surface area contributed by atoms with Gasteiger partial charge in [0.2, 0.25) is 17.7 Å². The summed E-state index contributed by atoms with van der Waals surface area (Å²) in [5, 5.41) is 2.89. The first-order valence-corrected chi connectivity index (χ1v) is 15.5. The lowest BCUT2D eigenvalue weighted by molar-refractivity contribution is -0.136. The van der Waals surface area contributed by atoms with E-state index in [0.29, 0.717) is 29.4 Å². The summed E-state index contributed by atoms with van der Waals surface area (Å²) in [4.78, 5) is 45.5. The second-order valence-electron chi connectivity index (χ2n) is 11.4. The van der Waals surface area contributed by atoms with Crippen LogP contribution in [0.4, 0.5) is 17.1 Å². The molecule has 5 aromatic carbocycles. The minimum atomic E-state index is -1.27. The van der Waals surface area contributed by atoms with Gasteiger partial charge in [0.25, 0.3) is 0 Å². The predicted octanol–water partition coefficient (Wildman–Crippen LogP) is 6.78. The van der Waals surface area contributed by atoms with Crippen molar-refractivity contribution >= 4 is 47.2 Å². The molecule has 9 heteroatoms. The maximum Gasteiger partial charge on any atom is 0.244 e. The maximum atomic E-state index is 14.5. The zero-order chi connectivity index (χ0) is 32.8. The molecule has 3 amide bonds. The molecule has 5 aromatic rings. The molecule has 1 aliphatic heterocycles. The highest BCUT2D eigenvalue weighted by atomic mass is 35.5. The van der Waals surface area contributed by atoms with E-state index < -0.39 is 23.6 Å². The zero-order valence-corrected chi connectivity index (χ0v) is 27.4. The van der Waals surface area contributed by atoms with Crippen molar-refractivity contribution in [2.75, 3.05) is 16.9 Å². The van der Waals surface area contributed by atoms with Crippen molar-refractivity contribution in [2.24, 2.45) is 11.7 Å². The van der Waals surface area contributed by atoms with Crippen LogP contribution in [0.2, 0.25) is 0 Å². The minimum absolute atomic E-state index is 0. The molecule has 48 heavy (non-hydrogen) atoms. The van der Waals surface area contributed by atoms with Crippen molar-refractivity contribution in [3.8, 4) is 16.9 Å². The molecule has 8 nitrogen and oxygen atoms in total. The number of para-hydroxylation sites is 3. The third-order valence-corrected chi connectivity index (χ3v) is 8.39. The first-order chi connectivity index (χ1) is 23.0. The average molecular weight is 661 g/mol. The Labute approximate surface area is 286 Å². The summed E-state index contributed by atoms with van der Waals surface area (Å²) in [6, 6.07) is 40.2. The van der Waals surface area contributed by atoms with E-state index in [2.05, 4.69) is 5.32 Å². The Morgan fingerprint density at radius 2 is 1.33 bits per heavy atom. The summed E-state index contributed by atoms with van der Waals surface area (Å²) in [6.07, 6.45) is -0.318. The molecule has 0 aliphatic carbocycles. The maximum absolute atomic E-state index is 14.5. The van der Waals surface area contributed by atoms with Crippen molar-refractivity contribution < 1.29 is 19.1 Å². The van der Waals surface area contributed by atoms with Crippen LogP contribution < -0.4 is 25.6 Å². The van der Waals surface area contributed by atoms with Gasteiger partial charge in [0, 0.05) is 30.8 Å². The SMILES string of the molecule is COc1ccccc1CNC(=O)CC1C(=O)N(Cc2ccc(-c3ccccc3)cc2)c2ccccc2N(c2ccc(CN)cc2)C1=O.Cl.